The molecule has 3 aromatic rings. The molecule has 0 spiro atoms. The van der Waals surface area contributed by atoms with E-state index in [0.29, 0.717) is 22.6 Å². The molecule has 0 fully saturated rings. The summed E-state index contributed by atoms with van der Waals surface area (Å²) in [5.74, 6) is 1.45. The quantitative estimate of drug-likeness (QED) is 0.289. The second kappa shape index (κ2) is 11.2. The van der Waals surface area contributed by atoms with Crippen LogP contribution >= 0.6 is 35.0 Å². The Hall–Kier alpha value is -1.46. The number of ether oxygens (including phenoxy) is 1. The Kier molecular flexibility index (Phi) is 8.70. The Bertz CT molecular complexity index is 937. The predicted octanol–water partition coefficient (Wildman–Crippen LogP) is 7.63. The maximum absolute atomic E-state index is 6.21. The molecular formula is C24H28Cl2N2OS. The van der Waals surface area contributed by atoms with Gasteiger partial charge in [-0.3, -0.25) is 0 Å². The second-order valence-corrected chi connectivity index (χ2v) is 9.40. The molecule has 0 bridgehead atoms. The Balaban J connectivity index is 1.69. The lowest BCUT2D eigenvalue weighted by molar-refractivity contribution is 0.118. The monoisotopic (exact) mass is 462 g/mol. The van der Waals surface area contributed by atoms with Crippen molar-refractivity contribution in [3.05, 3.63) is 75.7 Å². The summed E-state index contributed by atoms with van der Waals surface area (Å²) in [5.41, 5.74) is 2.33. The van der Waals surface area contributed by atoms with Gasteiger partial charge >= 0.3 is 0 Å². The van der Waals surface area contributed by atoms with Crippen LogP contribution in [0.25, 0.3) is 0 Å². The summed E-state index contributed by atoms with van der Waals surface area (Å²) in [4.78, 5) is 6.03. The SMILES string of the molecule is CCn1c(CCCOCc2ccccc2)nc(C(C)C)c1Sc1cc(Cl)cc(Cl)c1. The third-order valence-corrected chi connectivity index (χ3v) is 6.27. The fourth-order valence-electron chi connectivity index (χ4n) is 3.30. The van der Waals surface area contributed by atoms with Crippen molar-refractivity contribution in [2.75, 3.05) is 6.61 Å². The molecule has 1 aromatic heterocycles. The number of hydrogen-bond donors (Lipinski definition) is 0. The van der Waals surface area contributed by atoms with Crippen molar-refractivity contribution in [1.29, 1.82) is 0 Å². The zero-order valence-electron chi connectivity index (χ0n) is 17.7. The molecule has 0 saturated carbocycles. The number of rotatable bonds is 10. The zero-order valence-corrected chi connectivity index (χ0v) is 20.0. The van der Waals surface area contributed by atoms with Crippen LogP contribution in [0.3, 0.4) is 0 Å². The molecule has 0 radical (unpaired) electrons. The topological polar surface area (TPSA) is 27.1 Å². The standard InChI is InChI=1S/C24H28Cl2N2OS/c1-4-28-22(11-8-12-29-16-18-9-6-5-7-10-18)27-23(17(2)3)24(28)30-21-14-19(25)13-20(26)15-21/h5-7,9-10,13-15,17H,4,8,11-12,16H2,1-3H3. The van der Waals surface area contributed by atoms with Crippen molar-refractivity contribution < 1.29 is 4.74 Å². The molecule has 1 heterocycles. The lowest BCUT2D eigenvalue weighted by Gasteiger charge is -2.12. The van der Waals surface area contributed by atoms with E-state index in [4.69, 9.17) is 32.9 Å². The minimum Gasteiger partial charge on any atom is -0.377 e. The van der Waals surface area contributed by atoms with E-state index in [1.807, 2.05) is 30.3 Å². The first-order valence-electron chi connectivity index (χ1n) is 10.3. The fraction of sp³-hybridized carbons (Fsp3) is 0.375. The van der Waals surface area contributed by atoms with Gasteiger partial charge in [0.15, 0.2) is 0 Å². The number of halogens is 2. The Morgan fingerprint density at radius 2 is 1.77 bits per heavy atom. The molecule has 0 amide bonds. The zero-order chi connectivity index (χ0) is 21.5. The van der Waals surface area contributed by atoms with Crippen LogP contribution in [0, 0.1) is 0 Å². The summed E-state index contributed by atoms with van der Waals surface area (Å²) in [7, 11) is 0. The first kappa shape index (κ1) is 23.2. The van der Waals surface area contributed by atoms with Gasteiger partial charge in [-0.2, -0.15) is 0 Å². The molecule has 0 N–H and O–H groups in total. The van der Waals surface area contributed by atoms with Gasteiger partial charge in [0.05, 0.1) is 12.3 Å². The molecule has 0 atom stereocenters. The van der Waals surface area contributed by atoms with E-state index >= 15 is 0 Å². The van der Waals surface area contributed by atoms with Crippen molar-refractivity contribution in [3.8, 4) is 0 Å². The summed E-state index contributed by atoms with van der Waals surface area (Å²) >= 11 is 14.1. The Morgan fingerprint density at radius 1 is 1.07 bits per heavy atom. The Labute approximate surface area is 193 Å². The first-order chi connectivity index (χ1) is 14.5. The van der Waals surface area contributed by atoms with Crippen LogP contribution in [0.15, 0.2) is 58.5 Å². The molecule has 160 valence electrons. The first-order valence-corrected chi connectivity index (χ1v) is 11.9. The minimum absolute atomic E-state index is 0.336. The molecule has 3 rings (SSSR count). The van der Waals surface area contributed by atoms with Crippen LogP contribution in [0.5, 0.6) is 0 Å². The summed E-state index contributed by atoms with van der Waals surface area (Å²) < 4.78 is 8.16. The number of hydrogen-bond acceptors (Lipinski definition) is 3. The number of aryl methyl sites for hydroxylation is 1. The van der Waals surface area contributed by atoms with E-state index in [0.717, 1.165) is 42.4 Å². The molecule has 0 aliphatic rings. The maximum atomic E-state index is 6.21. The van der Waals surface area contributed by atoms with Gasteiger partial charge in [0.25, 0.3) is 0 Å². The van der Waals surface area contributed by atoms with Gasteiger partial charge < -0.3 is 9.30 Å². The number of imidazole rings is 1. The van der Waals surface area contributed by atoms with E-state index in [9.17, 15) is 0 Å². The van der Waals surface area contributed by atoms with E-state index in [-0.39, 0.29) is 0 Å². The molecule has 30 heavy (non-hydrogen) atoms. The van der Waals surface area contributed by atoms with Gasteiger partial charge in [-0.05, 0) is 43.0 Å². The van der Waals surface area contributed by atoms with Gasteiger partial charge in [0, 0.05) is 34.5 Å². The molecule has 0 saturated heterocycles. The van der Waals surface area contributed by atoms with Crippen molar-refractivity contribution in [3.63, 3.8) is 0 Å². The maximum Gasteiger partial charge on any atom is 0.109 e. The smallest absolute Gasteiger partial charge is 0.109 e. The summed E-state index contributed by atoms with van der Waals surface area (Å²) in [6.45, 7) is 8.77. The van der Waals surface area contributed by atoms with Crippen LogP contribution in [0.1, 0.15) is 50.2 Å². The van der Waals surface area contributed by atoms with E-state index < -0.39 is 0 Å². The number of benzene rings is 2. The average molecular weight is 463 g/mol. The highest BCUT2D eigenvalue weighted by Crippen LogP contribution is 2.37. The third kappa shape index (κ3) is 6.27. The fourth-order valence-corrected chi connectivity index (χ4v) is 5.28. The highest BCUT2D eigenvalue weighted by atomic mass is 35.5. The lowest BCUT2D eigenvalue weighted by atomic mass is 10.1. The van der Waals surface area contributed by atoms with Crippen LogP contribution in [0.2, 0.25) is 10.0 Å². The van der Waals surface area contributed by atoms with Crippen molar-refractivity contribution in [2.24, 2.45) is 0 Å². The summed E-state index contributed by atoms with van der Waals surface area (Å²) in [6, 6.07) is 15.9. The van der Waals surface area contributed by atoms with Crippen LogP contribution in [0.4, 0.5) is 0 Å². The lowest BCUT2D eigenvalue weighted by Crippen LogP contribution is -2.05. The largest absolute Gasteiger partial charge is 0.377 e. The molecule has 6 heteroatoms. The molecular weight excluding hydrogens is 435 g/mol. The van der Waals surface area contributed by atoms with E-state index in [1.165, 1.54) is 10.6 Å². The van der Waals surface area contributed by atoms with Gasteiger partial charge in [-0.25, -0.2) is 4.98 Å². The highest BCUT2D eigenvalue weighted by molar-refractivity contribution is 7.99. The summed E-state index contributed by atoms with van der Waals surface area (Å²) in [6.07, 6.45) is 1.83. The molecule has 3 nitrogen and oxygen atoms in total. The molecule has 0 unspecified atom stereocenters. The van der Waals surface area contributed by atoms with Gasteiger partial charge in [-0.15, -0.1) is 0 Å². The van der Waals surface area contributed by atoms with E-state index in [2.05, 4.69) is 37.5 Å². The third-order valence-electron chi connectivity index (χ3n) is 4.74. The molecule has 2 aromatic carbocycles. The normalized spacial score (nSPS) is 11.4. The minimum atomic E-state index is 0.336. The second-order valence-electron chi connectivity index (χ2n) is 7.47. The molecule has 0 aliphatic heterocycles. The van der Waals surface area contributed by atoms with Crippen molar-refractivity contribution in [2.45, 2.75) is 62.6 Å². The van der Waals surface area contributed by atoms with Gasteiger partial charge in [-0.1, -0.05) is 79.1 Å². The predicted molar refractivity (Wildman–Crippen MR) is 127 cm³/mol. The van der Waals surface area contributed by atoms with E-state index in [1.54, 1.807) is 17.8 Å². The summed E-state index contributed by atoms with van der Waals surface area (Å²) in [5, 5.41) is 2.47. The van der Waals surface area contributed by atoms with Crippen LogP contribution in [-0.2, 0) is 24.3 Å². The van der Waals surface area contributed by atoms with Crippen LogP contribution in [-0.4, -0.2) is 16.2 Å². The highest BCUT2D eigenvalue weighted by Gasteiger charge is 2.20. The van der Waals surface area contributed by atoms with Crippen LogP contribution < -0.4 is 0 Å². The number of aromatic nitrogens is 2. The van der Waals surface area contributed by atoms with Crippen molar-refractivity contribution in [1.82, 2.24) is 9.55 Å². The van der Waals surface area contributed by atoms with Gasteiger partial charge in [0.2, 0.25) is 0 Å². The van der Waals surface area contributed by atoms with Gasteiger partial charge in [0.1, 0.15) is 10.9 Å². The molecule has 0 aliphatic carbocycles. The average Bonchev–Trinajstić information content (AvgIpc) is 3.05. The number of nitrogens with zero attached hydrogens (tertiary/aromatic N) is 2. The van der Waals surface area contributed by atoms with Crippen molar-refractivity contribution >= 4 is 35.0 Å². The Morgan fingerprint density at radius 3 is 2.40 bits per heavy atom.